The SMILES string of the molecule is O=C1OCC(C(=O)OCCS(=O)(=O)CCOC(=O)C2COC(=O)O2)O1. The lowest BCUT2D eigenvalue weighted by Gasteiger charge is -2.09. The van der Waals surface area contributed by atoms with Crippen LogP contribution in [0.2, 0.25) is 0 Å². The molecule has 0 amide bonds. The number of hydrogen-bond donors (Lipinski definition) is 0. The van der Waals surface area contributed by atoms with Gasteiger partial charge in [0.15, 0.2) is 9.84 Å². The summed E-state index contributed by atoms with van der Waals surface area (Å²) in [6, 6.07) is 0. The number of rotatable bonds is 8. The molecule has 2 heterocycles. The lowest BCUT2D eigenvalue weighted by atomic mass is 10.4. The molecule has 2 atom stereocenters. The second-order valence-electron chi connectivity index (χ2n) is 4.82. The number of carbonyl (C=O) groups excluding carboxylic acids is 4. The van der Waals surface area contributed by atoms with Crippen LogP contribution in [-0.4, -0.2) is 82.8 Å². The van der Waals surface area contributed by atoms with Crippen LogP contribution in [-0.2, 0) is 47.8 Å². The molecule has 13 heteroatoms. The van der Waals surface area contributed by atoms with Gasteiger partial charge in [-0.15, -0.1) is 0 Å². The minimum Gasteiger partial charge on any atom is -0.462 e. The van der Waals surface area contributed by atoms with Gasteiger partial charge in [0.1, 0.15) is 26.4 Å². The summed E-state index contributed by atoms with van der Waals surface area (Å²) in [5.41, 5.74) is 0. The third kappa shape index (κ3) is 5.77. The van der Waals surface area contributed by atoms with E-state index in [9.17, 15) is 27.6 Å². The lowest BCUT2D eigenvalue weighted by molar-refractivity contribution is -0.151. The van der Waals surface area contributed by atoms with Crippen molar-refractivity contribution in [2.75, 3.05) is 37.9 Å². The Hall–Kier alpha value is -2.57. The highest BCUT2D eigenvalue weighted by atomic mass is 32.2. The Bertz CT molecular complexity index is 603. The molecule has 0 aromatic heterocycles. The number of sulfone groups is 1. The van der Waals surface area contributed by atoms with Gasteiger partial charge >= 0.3 is 24.2 Å². The fraction of sp³-hybridized carbons (Fsp3) is 0.667. The Morgan fingerprint density at radius 3 is 1.60 bits per heavy atom. The molecule has 140 valence electrons. The molecule has 12 nitrogen and oxygen atoms in total. The zero-order chi connectivity index (χ0) is 18.4. The van der Waals surface area contributed by atoms with Gasteiger partial charge in [-0.05, 0) is 0 Å². The first-order valence-corrected chi connectivity index (χ1v) is 8.79. The number of esters is 2. The maximum absolute atomic E-state index is 11.7. The first-order chi connectivity index (χ1) is 11.8. The van der Waals surface area contributed by atoms with Crippen LogP contribution < -0.4 is 0 Å². The van der Waals surface area contributed by atoms with Crippen molar-refractivity contribution in [1.82, 2.24) is 0 Å². The fourth-order valence-electron chi connectivity index (χ4n) is 1.71. The molecule has 0 N–H and O–H groups in total. The van der Waals surface area contributed by atoms with E-state index in [0.29, 0.717) is 0 Å². The van der Waals surface area contributed by atoms with E-state index in [4.69, 9.17) is 0 Å². The van der Waals surface area contributed by atoms with Crippen LogP contribution in [0.5, 0.6) is 0 Å². The van der Waals surface area contributed by atoms with Gasteiger partial charge in [-0.1, -0.05) is 0 Å². The number of hydrogen-bond acceptors (Lipinski definition) is 12. The van der Waals surface area contributed by atoms with Crippen molar-refractivity contribution in [2.45, 2.75) is 12.2 Å². The third-order valence-electron chi connectivity index (χ3n) is 2.99. The Balaban J connectivity index is 1.62. The monoisotopic (exact) mass is 382 g/mol. The summed E-state index contributed by atoms with van der Waals surface area (Å²) in [4.78, 5) is 44.2. The van der Waals surface area contributed by atoms with Gasteiger partial charge in [0.2, 0.25) is 12.2 Å². The normalized spacial score (nSPS) is 22.4. The van der Waals surface area contributed by atoms with E-state index in [0.717, 1.165) is 0 Å². The molecule has 0 aliphatic carbocycles. The molecule has 2 aliphatic heterocycles. The minimum absolute atomic E-state index is 0.296. The van der Waals surface area contributed by atoms with Crippen molar-refractivity contribution in [3.05, 3.63) is 0 Å². The van der Waals surface area contributed by atoms with Gasteiger partial charge in [-0.25, -0.2) is 27.6 Å². The van der Waals surface area contributed by atoms with Gasteiger partial charge in [0.05, 0.1) is 11.5 Å². The largest absolute Gasteiger partial charge is 0.509 e. The number of cyclic esters (lactones) is 4. The molecule has 0 spiro atoms. The van der Waals surface area contributed by atoms with Crippen LogP contribution in [0, 0.1) is 0 Å². The van der Waals surface area contributed by atoms with E-state index in [1.807, 2.05) is 0 Å². The molecule has 2 unspecified atom stereocenters. The van der Waals surface area contributed by atoms with Crippen molar-refractivity contribution in [1.29, 1.82) is 0 Å². The van der Waals surface area contributed by atoms with Crippen molar-refractivity contribution in [3.63, 3.8) is 0 Å². The zero-order valence-electron chi connectivity index (χ0n) is 12.7. The molecule has 0 aromatic rings. The Morgan fingerprint density at radius 2 is 1.28 bits per heavy atom. The quantitative estimate of drug-likeness (QED) is 0.356. The summed E-state index contributed by atoms with van der Waals surface area (Å²) in [6.07, 6.45) is -4.44. The summed E-state index contributed by atoms with van der Waals surface area (Å²) in [7, 11) is -3.67. The predicted molar refractivity (Wildman–Crippen MR) is 73.0 cm³/mol. The highest BCUT2D eigenvalue weighted by molar-refractivity contribution is 7.91. The molecular weight excluding hydrogens is 368 g/mol. The van der Waals surface area contributed by atoms with E-state index in [1.165, 1.54) is 0 Å². The third-order valence-corrected chi connectivity index (χ3v) is 4.56. The van der Waals surface area contributed by atoms with Crippen molar-refractivity contribution in [3.8, 4) is 0 Å². The molecule has 2 rings (SSSR count). The topological polar surface area (TPSA) is 158 Å². The van der Waals surface area contributed by atoms with E-state index in [1.54, 1.807) is 0 Å². The van der Waals surface area contributed by atoms with Crippen LogP contribution in [0.3, 0.4) is 0 Å². The minimum atomic E-state index is -3.67. The maximum atomic E-state index is 11.7. The molecule has 2 fully saturated rings. The zero-order valence-corrected chi connectivity index (χ0v) is 13.5. The highest BCUT2D eigenvalue weighted by Gasteiger charge is 2.34. The van der Waals surface area contributed by atoms with E-state index in [-0.39, 0.29) is 13.2 Å². The van der Waals surface area contributed by atoms with Crippen LogP contribution in [0.1, 0.15) is 0 Å². The fourth-order valence-corrected chi connectivity index (χ4v) is 2.59. The molecule has 0 saturated carbocycles. The molecule has 0 aromatic carbocycles. The summed E-state index contributed by atoms with van der Waals surface area (Å²) >= 11 is 0. The molecule has 2 saturated heterocycles. The average Bonchev–Trinajstić information content (AvgIpc) is 3.15. The molecule has 0 bridgehead atoms. The molecular formula is C12H14O12S. The Morgan fingerprint density at radius 1 is 0.880 bits per heavy atom. The highest BCUT2D eigenvalue weighted by Crippen LogP contribution is 2.09. The van der Waals surface area contributed by atoms with Crippen LogP contribution >= 0.6 is 0 Å². The van der Waals surface area contributed by atoms with Crippen LogP contribution in [0.15, 0.2) is 0 Å². The van der Waals surface area contributed by atoms with E-state index < -0.39 is 71.0 Å². The standard InChI is InChI=1S/C12H14O12S/c13-9(7-5-21-11(15)23-7)19-1-3-25(17,18)4-2-20-10(14)8-6-22-12(16)24-8/h7-8H,1-6H2. The van der Waals surface area contributed by atoms with Crippen molar-refractivity contribution in [2.24, 2.45) is 0 Å². The average molecular weight is 382 g/mol. The Labute approximate surface area is 141 Å². The first kappa shape index (κ1) is 18.8. The number of ether oxygens (including phenoxy) is 6. The maximum Gasteiger partial charge on any atom is 0.509 e. The van der Waals surface area contributed by atoms with E-state index in [2.05, 4.69) is 28.4 Å². The van der Waals surface area contributed by atoms with Crippen molar-refractivity contribution >= 4 is 34.1 Å². The summed E-state index contributed by atoms with van der Waals surface area (Å²) < 4.78 is 50.5. The smallest absolute Gasteiger partial charge is 0.462 e. The van der Waals surface area contributed by atoms with Gasteiger partial charge < -0.3 is 28.4 Å². The predicted octanol–water partition coefficient (Wildman–Crippen LogP) is -1.44. The second kappa shape index (κ2) is 8.00. The molecule has 0 radical (unpaired) electrons. The van der Waals surface area contributed by atoms with Crippen LogP contribution in [0.4, 0.5) is 9.59 Å². The van der Waals surface area contributed by atoms with Gasteiger partial charge in [0, 0.05) is 0 Å². The van der Waals surface area contributed by atoms with Gasteiger partial charge in [0.25, 0.3) is 0 Å². The summed E-state index contributed by atoms with van der Waals surface area (Å²) in [5.74, 6) is -2.87. The van der Waals surface area contributed by atoms with Crippen LogP contribution in [0.25, 0.3) is 0 Å². The molecule has 25 heavy (non-hydrogen) atoms. The number of carbonyl (C=O) groups is 4. The summed E-state index contributed by atoms with van der Waals surface area (Å²) in [5, 5.41) is 0. The van der Waals surface area contributed by atoms with E-state index >= 15 is 0 Å². The summed E-state index contributed by atoms with van der Waals surface area (Å²) in [6.45, 7) is -1.51. The van der Waals surface area contributed by atoms with Gasteiger partial charge in [-0.2, -0.15) is 0 Å². The Kier molecular flexibility index (Phi) is 6.01. The first-order valence-electron chi connectivity index (χ1n) is 6.97. The van der Waals surface area contributed by atoms with Crippen molar-refractivity contribution < 1.29 is 56.0 Å². The lowest BCUT2D eigenvalue weighted by Crippen LogP contribution is -2.29. The second-order valence-corrected chi connectivity index (χ2v) is 7.13. The van der Waals surface area contributed by atoms with Gasteiger partial charge in [-0.3, -0.25) is 0 Å². The molecule has 2 aliphatic rings.